The second kappa shape index (κ2) is 4.52. The molecule has 0 aliphatic carbocycles. The van der Waals surface area contributed by atoms with E-state index >= 15 is 0 Å². The van der Waals surface area contributed by atoms with Crippen molar-refractivity contribution in [3.05, 3.63) is 59.5 Å². The summed E-state index contributed by atoms with van der Waals surface area (Å²) in [5, 5.41) is 1.31. The van der Waals surface area contributed by atoms with E-state index in [9.17, 15) is 4.39 Å². The molecule has 3 rings (SSSR count). The Labute approximate surface area is 114 Å². The van der Waals surface area contributed by atoms with Crippen LogP contribution >= 0.6 is 11.6 Å². The Morgan fingerprint density at radius 2 is 1.89 bits per heavy atom. The van der Waals surface area contributed by atoms with Crippen LogP contribution in [0.4, 0.5) is 10.1 Å². The molecule has 2 N–H and O–H groups in total. The molecule has 0 radical (unpaired) electrons. The SMILES string of the molecule is Nc1cnc2ccc(Cl)cc2c1-c1ccccc1F. The van der Waals surface area contributed by atoms with Gasteiger partial charge in [-0.05, 0) is 24.3 Å². The highest BCUT2D eigenvalue weighted by atomic mass is 35.5. The fraction of sp³-hybridized carbons (Fsp3) is 0. The Morgan fingerprint density at radius 1 is 1.11 bits per heavy atom. The minimum Gasteiger partial charge on any atom is -0.397 e. The van der Waals surface area contributed by atoms with Gasteiger partial charge in [-0.3, -0.25) is 4.98 Å². The largest absolute Gasteiger partial charge is 0.397 e. The van der Waals surface area contributed by atoms with Crippen molar-refractivity contribution in [3.63, 3.8) is 0 Å². The third-order valence-electron chi connectivity index (χ3n) is 3.00. The van der Waals surface area contributed by atoms with Gasteiger partial charge in [-0.2, -0.15) is 0 Å². The fourth-order valence-electron chi connectivity index (χ4n) is 2.14. The highest BCUT2D eigenvalue weighted by Crippen LogP contribution is 2.35. The summed E-state index contributed by atoms with van der Waals surface area (Å²) >= 11 is 6.01. The molecule has 2 aromatic carbocycles. The average Bonchev–Trinajstić information content (AvgIpc) is 2.40. The average molecular weight is 273 g/mol. The van der Waals surface area contributed by atoms with Crippen molar-refractivity contribution in [2.24, 2.45) is 0 Å². The molecule has 0 bridgehead atoms. The number of aromatic nitrogens is 1. The van der Waals surface area contributed by atoms with Crippen LogP contribution in [-0.2, 0) is 0 Å². The van der Waals surface area contributed by atoms with Gasteiger partial charge >= 0.3 is 0 Å². The number of nitrogen functional groups attached to an aromatic ring is 1. The third kappa shape index (κ3) is 2.02. The first-order valence-electron chi connectivity index (χ1n) is 5.75. The van der Waals surface area contributed by atoms with E-state index in [1.165, 1.54) is 12.3 Å². The van der Waals surface area contributed by atoms with Gasteiger partial charge in [0.2, 0.25) is 0 Å². The monoisotopic (exact) mass is 272 g/mol. The molecule has 0 fully saturated rings. The number of hydrogen-bond donors (Lipinski definition) is 1. The van der Waals surface area contributed by atoms with E-state index in [-0.39, 0.29) is 5.82 Å². The van der Waals surface area contributed by atoms with E-state index in [0.717, 1.165) is 10.9 Å². The molecule has 0 saturated heterocycles. The molecule has 0 unspecified atom stereocenters. The minimum absolute atomic E-state index is 0.318. The summed E-state index contributed by atoms with van der Waals surface area (Å²) in [5.74, 6) is -0.318. The molecule has 0 amide bonds. The summed E-state index contributed by atoms with van der Waals surface area (Å²) in [6.07, 6.45) is 1.54. The van der Waals surface area contributed by atoms with Crippen molar-refractivity contribution in [1.82, 2.24) is 4.98 Å². The second-order valence-corrected chi connectivity index (χ2v) is 4.67. The van der Waals surface area contributed by atoms with Gasteiger partial charge in [-0.1, -0.05) is 29.8 Å². The summed E-state index contributed by atoms with van der Waals surface area (Å²) in [7, 11) is 0. The first kappa shape index (κ1) is 11.9. The highest BCUT2D eigenvalue weighted by molar-refractivity contribution is 6.31. The van der Waals surface area contributed by atoms with E-state index in [4.69, 9.17) is 17.3 Å². The van der Waals surface area contributed by atoms with Crippen LogP contribution in [0.15, 0.2) is 48.7 Å². The minimum atomic E-state index is -0.318. The van der Waals surface area contributed by atoms with Crippen molar-refractivity contribution in [1.29, 1.82) is 0 Å². The smallest absolute Gasteiger partial charge is 0.131 e. The number of hydrogen-bond acceptors (Lipinski definition) is 2. The summed E-state index contributed by atoms with van der Waals surface area (Å²) < 4.78 is 14.0. The van der Waals surface area contributed by atoms with Gasteiger partial charge in [-0.25, -0.2) is 4.39 Å². The van der Waals surface area contributed by atoms with Gasteiger partial charge in [-0.15, -0.1) is 0 Å². The molecule has 0 spiro atoms. The van der Waals surface area contributed by atoms with Crippen molar-refractivity contribution in [2.75, 3.05) is 5.73 Å². The number of nitrogens with two attached hydrogens (primary N) is 1. The Bertz CT molecular complexity index is 766. The second-order valence-electron chi connectivity index (χ2n) is 4.23. The summed E-state index contributed by atoms with van der Waals surface area (Å²) in [6.45, 7) is 0. The Kier molecular flexibility index (Phi) is 2.84. The van der Waals surface area contributed by atoms with E-state index in [0.29, 0.717) is 21.8 Å². The lowest BCUT2D eigenvalue weighted by Gasteiger charge is -2.10. The number of fused-ring (bicyclic) bond motifs is 1. The lowest BCUT2D eigenvalue weighted by molar-refractivity contribution is 0.631. The van der Waals surface area contributed by atoms with E-state index in [1.807, 2.05) is 0 Å². The molecule has 94 valence electrons. The molecule has 3 aromatic rings. The molecular weight excluding hydrogens is 263 g/mol. The van der Waals surface area contributed by atoms with Crippen LogP contribution in [0, 0.1) is 5.82 Å². The van der Waals surface area contributed by atoms with E-state index < -0.39 is 0 Å². The zero-order chi connectivity index (χ0) is 13.4. The van der Waals surface area contributed by atoms with Crippen molar-refractivity contribution < 1.29 is 4.39 Å². The third-order valence-corrected chi connectivity index (χ3v) is 3.24. The van der Waals surface area contributed by atoms with Crippen LogP contribution in [0.5, 0.6) is 0 Å². The molecule has 4 heteroatoms. The molecule has 2 nitrogen and oxygen atoms in total. The van der Waals surface area contributed by atoms with Crippen molar-refractivity contribution >= 4 is 28.2 Å². The lowest BCUT2D eigenvalue weighted by Crippen LogP contribution is -1.95. The summed E-state index contributed by atoms with van der Waals surface area (Å²) in [4.78, 5) is 4.23. The first-order chi connectivity index (χ1) is 9.16. The van der Waals surface area contributed by atoms with Crippen LogP contribution < -0.4 is 5.73 Å². The number of nitrogens with zero attached hydrogens (tertiary/aromatic N) is 1. The molecule has 0 saturated carbocycles. The lowest BCUT2D eigenvalue weighted by atomic mass is 9.99. The highest BCUT2D eigenvalue weighted by Gasteiger charge is 2.12. The van der Waals surface area contributed by atoms with Crippen LogP contribution in [-0.4, -0.2) is 4.98 Å². The van der Waals surface area contributed by atoms with Crippen LogP contribution in [0.3, 0.4) is 0 Å². The molecule has 0 aliphatic heterocycles. The first-order valence-corrected chi connectivity index (χ1v) is 6.13. The van der Waals surface area contributed by atoms with Gasteiger partial charge in [0.25, 0.3) is 0 Å². The number of halogens is 2. The standard InChI is InChI=1S/C15H10ClFN2/c16-9-5-6-14-11(7-9)15(13(18)8-19-14)10-3-1-2-4-12(10)17/h1-8H,18H2. The van der Waals surface area contributed by atoms with Crippen molar-refractivity contribution in [2.45, 2.75) is 0 Å². The normalized spacial score (nSPS) is 10.8. The number of rotatable bonds is 1. The molecule has 1 aromatic heterocycles. The quantitative estimate of drug-likeness (QED) is 0.718. The van der Waals surface area contributed by atoms with Crippen LogP contribution in [0.25, 0.3) is 22.0 Å². The Balaban J connectivity index is 2.43. The number of benzene rings is 2. The predicted octanol–water partition coefficient (Wildman–Crippen LogP) is 4.28. The Morgan fingerprint density at radius 3 is 2.68 bits per heavy atom. The number of pyridine rings is 1. The van der Waals surface area contributed by atoms with E-state index in [1.54, 1.807) is 36.4 Å². The van der Waals surface area contributed by atoms with Gasteiger partial charge in [0, 0.05) is 21.5 Å². The van der Waals surface area contributed by atoms with Crippen LogP contribution in [0.2, 0.25) is 5.02 Å². The Hall–Kier alpha value is -2.13. The maximum atomic E-state index is 14.0. The molecule has 19 heavy (non-hydrogen) atoms. The zero-order valence-electron chi connectivity index (χ0n) is 9.90. The van der Waals surface area contributed by atoms with Crippen LogP contribution in [0.1, 0.15) is 0 Å². The maximum Gasteiger partial charge on any atom is 0.131 e. The molecule has 0 atom stereocenters. The van der Waals surface area contributed by atoms with Gasteiger partial charge in [0.1, 0.15) is 5.82 Å². The maximum absolute atomic E-state index is 14.0. The molecular formula is C15H10ClFN2. The van der Waals surface area contributed by atoms with E-state index in [2.05, 4.69) is 4.98 Å². The molecule has 0 aliphatic rings. The molecule has 1 heterocycles. The number of anilines is 1. The fourth-order valence-corrected chi connectivity index (χ4v) is 2.32. The summed E-state index contributed by atoms with van der Waals surface area (Å²) in [5.41, 5.74) is 8.21. The zero-order valence-corrected chi connectivity index (χ0v) is 10.7. The van der Waals surface area contributed by atoms with Gasteiger partial charge in [0.05, 0.1) is 17.4 Å². The predicted molar refractivity (Wildman–Crippen MR) is 76.6 cm³/mol. The summed E-state index contributed by atoms with van der Waals surface area (Å²) in [6, 6.07) is 11.8. The topological polar surface area (TPSA) is 38.9 Å². The van der Waals surface area contributed by atoms with Crippen molar-refractivity contribution in [3.8, 4) is 11.1 Å². The van der Waals surface area contributed by atoms with Gasteiger partial charge < -0.3 is 5.73 Å². The van der Waals surface area contributed by atoms with Gasteiger partial charge in [0.15, 0.2) is 0 Å².